The minimum atomic E-state index is -0.893. The normalized spacial score (nSPS) is 12.7. The summed E-state index contributed by atoms with van der Waals surface area (Å²) in [5, 5.41) is 5.55. The van der Waals surface area contributed by atoms with Crippen LogP contribution >= 0.6 is 0 Å². The number of ether oxygens (including phenoxy) is 1. The topological polar surface area (TPSA) is 143 Å². The molecule has 0 bridgehead atoms. The van der Waals surface area contributed by atoms with Crippen molar-refractivity contribution in [3.63, 3.8) is 0 Å². The first-order valence-corrected chi connectivity index (χ1v) is 10.7. The molecular weight excluding hydrogens is 424 g/mol. The van der Waals surface area contributed by atoms with Gasteiger partial charge >= 0.3 is 5.97 Å². The molecule has 0 unspecified atom stereocenters. The average molecular weight is 455 g/mol. The fraction of sp³-hybridized carbons (Fsp3) is 0.333. The summed E-state index contributed by atoms with van der Waals surface area (Å²) < 4.78 is 4.86. The molecule has 0 saturated heterocycles. The Labute approximate surface area is 192 Å². The molecule has 2 atom stereocenters. The first-order chi connectivity index (χ1) is 15.8. The third-order valence-electron chi connectivity index (χ3n) is 4.76. The van der Waals surface area contributed by atoms with Crippen LogP contribution in [0, 0.1) is 6.92 Å². The maximum absolute atomic E-state index is 13.1. The number of amides is 3. The van der Waals surface area contributed by atoms with Crippen molar-refractivity contribution in [2.75, 3.05) is 6.61 Å². The van der Waals surface area contributed by atoms with E-state index in [1.165, 1.54) is 12.2 Å². The zero-order valence-electron chi connectivity index (χ0n) is 18.8. The molecule has 0 spiro atoms. The highest BCUT2D eigenvalue weighted by Crippen LogP contribution is 2.08. The summed E-state index contributed by atoms with van der Waals surface area (Å²) in [6, 6.07) is 11.1. The molecule has 2 rings (SSSR count). The number of hydrogen-bond acceptors (Lipinski definition) is 5. The Kier molecular flexibility index (Phi) is 9.88. The van der Waals surface area contributed by atoms with E-state index in [0.717, 1.165) is 11.3 Å². The maximum Gasteiger partial charge on any atom is 0.330 e. The van der Waals surface area contributed by atoms with Gasteiger partial charge in [-0.3, -0.25) is 14.4 Å². The van der Waals surface area contributed by atoms with Gasteiger partial charge in [-0.05, 0) is 38.0 Å². The predicted molar refractivity (Wildman–Crippen MR) is 123 cm³/mol. The molecule has 0 aliphatic rings. The number of aromatic nitrogens is 1. The molecule has 3 amide bonds. The lowest BCUT2D eigenvalue weighted by Gasteiger charge is -2.22. The molecule has 1 aromatic carbocycles. The number of nitrogens with two attached hydrogens (primary N) is 1. The monoisotopic (exact) mass is 454 g/mol. The molecule has 33 heavy (non-hydrogen) atoms. The predicted octanol–water partition coefficient (Wildman–Crippen LogP) is 1.53. The van der Waals surface area contributed by atoms with Gasteiger partial charge in [-0.2, -0.15) is 0 Å². The van der Waals surface area contributed by atoms with E-state index in [1.54, 1.807) is 19.1 Å². The molecule has 1 heterocycles. The largest absolute Gasteiger partial charge is 0.463 e. The van der Waals surface area contributed by atoms with Crippen molar-refractivity contribution < 1.29 is 23.9 Å². The van der Waals surface area contributed by atoms with Crippen molar-refractivity contribution in [1.82, 2.24) is 15.6 Å². The molecule has 2 aromatic rings. The van der Waals surface area contributed by atoms with Gasteiger partial charge in [-0.15, -0.1) is 0 Å². The minimum Gasteiger partial charge on any atom is -0.463 e. The number of benzene rings is 1. The van der Waals surface area contributed by atoms with Crippen molar-refractivity contribution in [3.8, 4) is 0 Å². The van der Waals surface area contributed by atoms with Crippen LogP contribution in [0.5, 0.6) is 0 Å². The van der Waals surface area contributed by atoms with Crippen LogP contribution in [0.1, 0.15) is 41.5 Å². The van der Waals surface area contributed by atoms with Gasteiger partial charge in [0, 0.05) is 30.7 Å². The summed E-state index contributed by atoms with van der Waals surface area (Å²) in [5.74, 6) is -1.98. The van der Waals surface area contributed by atoms with Crippen LogP contribution in [0.25, 0.3) is 0 Å². The molecule has 0 fully saturated rings. The number of hydrogen-bond donors (Lipinski definition) is 4. The summed E-state index contributed by atoms with van der Waals surface area (Å²) in [4.78, 5) is 51.7. The fourth-order valence-electron chi connectivity index (χ4n) is 3.11. The van der Waals surface area contributed by atoms with Gasteiger partial charge in [0.05, 0.1) is 6.61 Å². The van der Waals surface area contributed by atoms with Crippen LogP contribution in [-0.2, 0) is 25.5 Å². The Morgan fingerprint density at radius 1 is 1.09 bits per heavy atom. The van der Waals surface area contributed by atoms with E-state index in [0.29, 0.717) is 5.69 Å². The Morgan fingerprint density at radius 3 is 2.42 bits per heavy atom. The lowest BCUT2D eigenvalue weighted by molar-refractivity contribution is -0.137. The summed E-state index contributed by atoms with van der Waals surface area (Å²) in [7, 11) is 0. The van der Waals surface area contributed by atoms with E-state index in [-0.39, 0.29) is 25.9 Å². The molecule has 0 saturated carbocycles. The zero-order valence-corrected chi connectivity index (χ0v) is 18.8. The number of rotatable bonds is 12. The quantitative estimate of drug-likeness (QED) is 0.284. The van der Waals surface area contributed by atoms with Gasteiger partial charge in [-0.1, -0.05) is 36.4 Å². The average Bonchev–Trinajstić information content (AvgIpc) is 3.22. The number of carbonyl (C=O) groups is 4. The number of aryl methyl sites for hydroxylation is 1. The van der Waals surface area contributed by atoms with Crippen LogP contribution in [0.15, 0.2) is 54.6 Å². The van der Waals surface area contributed by atoms with Gasteiger partial charge in [-0.25, -0.2) is 4.79 Å². The summed E-state index contributed by atoms with van der Waals surface area (Å²) in [6.07, 6.45) is 3.10. The van der Waals surface area contributed by atoms with E-state index in [1.807, 2.05) is 37.3 Å². The second kappa shape index (κ2) is 12.8. The smallest absolute Gasteiger partial charge is 0.330 e. The molecule has 9 nitrogen and oxygen atoms in total. The van der Waals surface area contributed by atoms with E-state index in [4.69, 9.17) is 10.5 Å². The molecule has 0 radical (unpaired) electrons. The molecule has 176 valence electrons. The van der Waals surface area contributed by atoms with Crippen LogP contribution in [0.4, 0.5) is 0 Å². The molecule has 0 aliphatic carbocycles. The maximum atomic E-state index is 13.1. The third-order valence-corrected chi connectivity index (χ3v) is 4.76. The second-order valence-electron chi connectivity index (χ2n) is 7.50. The van der Waals surface area contributed by atoms with Crippen molar-refractivity contribution in [1.29, 1.82) is 0 Å². The second-order valence-corrected chi connectivity index (χ2v) is 7.50. The number of aromatic amines is 1. The van der Waals surface area contributed by atoms with Gasteiger partial charge in [0.15, 0.2) is 0 Å². The minimum absolute atomic E-state index is 0.00950. The van der Waals surface area contributed by atoms with Gasteiger partial charge in [0.25, 0.3) is 5.91 Å². The highest BCUT2D eigenvalue weighted by Gasteiger charge is 2.24. The highest BCUT2D eigenvalue weighted by atomic mass is 16.5. The van der Waals surface area contributed by atoms with Crippen LogP contribution in [0.3, 0.4) is 0 Å². The van der Waals surface area contributed by atoms with E-state index in [2.05, 4.69) is 15.6 Å². The number of esters is 1. The first-order valence-electron chi connectivity index (χ1n) is 10.7. The number of carbonyl (C=O) groups excluding carboxylic acids is 4. The van der Waals surface area contributed by atoms with Crippen LogP contribution in [0.2, 0.25) is 0 Å². The van der Waals surface area contributed by atoms with Crippen molar-refractivity contribution in [2.24, 2.45) is 5.73 Å². The standard InChI is InChI=1S/C24H30N4O5/c1-3-33-22(30)14-11-18(10-13-21(25)29)27-24(32)20(15-17-7-5-4-6-8-17)28-23(31)19-12-9-16(2)26-19/h4-9,11-12,14,18,20,26H,3,10,13,15H2,1-2H3,(H2,25,29)(H,27,32)(H,28,31)/t18-,20-/m0/s1. The molecule has 5 N–H and O–H groups in total. The Hall–Kier alpha value is -3.88. The third kappa shape index (κ3) is 9.02. The van der Waals surface area contributed by atoms with Crippen molar-refractivity contribution >= 4 is 23.7 Å². The first kappa shape index (κ1) is 25.4. The molecule has 0 aliphatic heterocycles. The number of nitrogens with one attached hydrogen (secondary N) is 3. The highest BCUT2D eigenvalue weighted by molar-refractivity contribution is 5.96. The van der Waals surface area contributed by atoms with Crippen LogP contribution < -0.4 is 16.4 Å². The lowest BCUT2D eigenvalue weighted by Crippen LogP contribution is -2.50. The molecule has 1 aromatic heterocycles. The summed E-state index contributed by atoms with van der Waals surface area (Å²) in [5.41, 5.74) is 7.26. The van der Waals surface area contributed by atoms with Crippen molar-refractivity contribution in [2.45, 2.75) is 45.2 Å². The fourth-order valence-corrected chi connectivity index (χ4v) is 3.11. The van der Waals surface area contributed by atoms with Gasteiger partial charge in [0.1, 0.15) is 11.7 Å². The van der Waals surface area contributed by atoms with Gasteiger partial charge < -0.3 is 26.1 Å². The number of primary amides is 1. The summed E-state index contributed by atoms with van der Waals surface area (Å²) >= 11 is 0. The summed E-state index contributed by atoms with van der Waals surface area (Å²) in [6.45, 7) is 3.72. The molecular formula is C24H30N4O5. The SMILES string of the molecule is CCOC(=O)C=C[C@H](CCC(N)=O)NC(=O)[C@H](Cc1ccccc1)NC(=O)c1ccc(C)[nH]1. The lowest BCUT2D eigenvalue weighted by atomic mass is 10.0. The van der Waals surface area contributed by atoms with E-state index in [9.17, 15) is 19.2 Å². The molecule has 9 heteroatoms. The van der Waals surface area contributed by atoms with Crippen molar-refractivity contribution in [3.05, 3.63) is 71.6 Å². The van der Waals surface area contributed by atoms with Gasteiger partial charge in [0.2, 0.25) is 11.8 Å². The Bertz CT molecular complexity index is 984. The zero-order chi connectivity index (χ0) is 24.2. The van der Waals surface area contributed by atoms with Crippen LogP contribution in [-0.4, -0.2) is 47.4 Å². The number of H-pyrrole nitrogens is 1. The van der Waals surface area contributed by atoms with E-state index >= 15 is 0 Å². The Balaban J connectivity index is 2.18. The Morgan fingerprint density at radius 2 is 1.82 bits per heavy atom. The van der Waals surface area contributed by atoms with E-state index < -0.39 is 35.8 Å².